The number of nitrogens with one attached hydrogen (secondary N) is 1. The van der Waals surface area contributed by atoms with Crippen LogP contribution in [-0.2, 0) is 0 Å². The highest BCUT2D eigenvalue weighted by Gasteiger charge is 2.20. The van der Waals surface area contributed by atoms with E-state index in [0.717, 1.165) is 11.8 Å². The molecular formula is C9H6F2N4O2S. The number of amidine groups is 1. The summed E-state index contributed by atoms with van der Waals surface area (Å²) in [5.41, 5.74) is -1.44. The Hall–Kier alpha value is -2.21. The molecule has 0 aliphatic heterocycles. The molecule has 0 saturated carbocycles. The van der Waals surface area contributed by atoms with Gasteiger partial charge >= 0.3 is 5.69 Å². The maximum absolute atomic E-state index is 13.4. The van der Waals surface area contributed by atoms with E-state index in [4.69, 9.17) is 5.26 Å². The van der Waals surface area contributed by atoms with Gasteiger partial charge in [-0.3, -0.25) is 15.4 Å². The van der Waals surface area contributed by atoms with Crippen LogP contribution >= 0.6 is 11.8 Å². The average Bonchev–Trinajstić information content (AvgIpc) is 2.30. The number of rotatable bonds is 2. The molecule has 0 spiro atoms. The molecule has 1 aromatic rings. The van der Waals surface area contributed by atoms with Gasteiger partial charge in [0.25, 0.3) is 0 Å². The molecule has 0 atom stereocenters. The van der Waals surface area contributed by atoms with Crippen molar-refractivity contribution in [1.82, 2.24) is 5.32 Å². The SMILES string of the molecule is CSC(=Nc1c(F)cc(F)cc1[N+](=O)[O-])NC#N. The van der Waals surface area contributed by atoms with Crippen molar-refractivity contribution >= 4 is 28.3 Å². The summed E-state index contributed by atoms with van der Waals surface area (Å²) in [6.45, 7) is 0. The maximum Gasteiger partial charge on any atom is 0.300 e. The van der Waals surface area contributed by atoms with Crippen LogP contribution in [0.2, 0.25) is 0 Å². The number of nitro benzene ring substituents is 1. The van der Waals surface area contributed by atoms with Crippen LogP contribution in [0.4, 0.5) is 20.2 Å². The molecule has 0 heterocycles. The lowest BCUT2D eigenvalue weighted by Gasteiger charge is -2.02. The molecule has 94 valence electrons. The Morgan fingerprint density at radius 2 is 2.28 bits per heavy atom. The van der Waals surface area contributed by atoms with Crippen molar-refractivity contribution in [3.05, 3.63) is 33.9 Å². The fraction of sp³-hybridized carbons (Fsp3) is 0.111. The van der Waals surface area contributed by atoms with Crippen LogP contribution in [0.1, 0.15) is 0 Å². The van der Waals surface area contributed by atoms with Crippen molar-refractivity contribution in [3.8, 4) is 6.19 Å². The number of halogens is 2. The first-order chi connectivity index (χ1) is 8.49. The molecule has 18 heavy (non-hydrogen) atoms. The number of nitrogens with zero attached hydrogens (tertiary/aromatic N) is 3. The van der Waals surface area contributed by atoms with Crippen LogP contribution < -0.4 is 5.32 Å². The summed E-state index contributed by atoms with van der Waals surface area (Å²) in [6, 6.07) is 1.04. The Bertz CT molecular complexity index is 556. The molecule has 9 heteroatoms. The lowest BCUT2D eigenvalue weighted by molar-refractivity contribution is -0.384. The van der Waals surface area contributed by atoms with Crippen molar-refractivity contribution in [2.75, 3.05) is 6.26 Å². The Kier molecular flexibility index (Phi) is 4.56. The summed E-state index contributed by atoms with van der Waals surface area (Å²) >= 11 is 0.956. The molecular weight excluding hydrogens is 266 g/mol. The minimum atomic E-state index is -1.17. The van der Waals surface area contributed by atoms with E-state index in [1.165, 1.54) is 6.26 Å². The van der Waals surface area contributed by atoms with Crippen molar-refractivity contribution in [2.45, 2.75) is 0 Å². The molecule has 0 saturated heterocycles. The van der Waals surface area contributed by atoms with Crippen LogP contribution in [0.25, 0.3) is 0 Å². The summed E-state index contributed by atoms with van der Waals surface area (Å²) < 4.78 is 26.3. The van der Waals surface area contributed by atoms with Gasteiger partial charge in [0.15, 0.2) is 22.9 Å². The minimum Gasteiger partial charge on any atom is -0.271 e. The molecule has 0 aliphatic carbocycles. The smallest absolute Gasteiger partial charge is 0.271 e. The second kappa shape index (κ2) is 5.92. The van der Waals surface area contributed by atoms with Crippen molar-refractivity contribution < 1.29 is 13.7 Å². The number of benzene rings is 1. The molecule has 1 rings (SSSR count). The zero-order valence-corrected chi connectivity index (χ0v) is 9.79. The maximum atomic E-state index is 13.4. The van der Waals surface area contributed by atoms with Gasteiger partial charge in [0.2, 0.25) is 0 Å². The molecule has 0 aromatic heterocycles. The molecule has 0 radical (unpaired) electrons. The second-order valence-corrected chi connectivity index (χ2v) is 3.67. The van der Waals surface area contributed by atoms with Gasteiger partial charge in [0.05, 0.1) is 11.0 Å². The normalized spacial score (nSPS) is 10.9. The summed E-state index contributed by atoms with van der Waals surface area (Å²) in [4.78, 5) is 13.3. The highest BCUT2D eigenvalue weighted by Crippen LogP contribution is 2.31. The standard InChI is InChI=1S/C9H6F2N4O2S/c1-18-9(13-4-12)14-8-6(11)2-5(10)3-7(8)15(16)17/h2-3H,1H3,(H,13,14). The lowest BCUT2D eigenvalue weighted by atomic mass is 10.2. The van der Waals surface area contributed by atoms with E-state index in [2.05, 4.69) is 10.3 Å². The predicted octanol–water partition coefficient (Wildman–Crippen LogP) is 2.29. The summed E-state index contributed by atoms with van der Waals surface area (Å²) in [7, 11) is 0. The molecule has 1 N–H and O–H groups in total. The number of hydrogen-bond acceptors (Lipinski definition) is 5. The Morgan fingerprint density at radius 1 is 1.61 bits per heavy atom. The fourth-order valence-corrected chi connectivity index (χ4v) is 1.41. The zero-order valence-electron chi connectivity index (χ0n) is 8.98. The van der Waals surface area contributed by atoms with Gasteiger partial charge in [0, 0.05) is 6.07 Å². The minimum absolute atomic E-state index is 0.0360. The van der Waals surface area contributed by atoms with Gasteiger partial charge in [-0.1, -0.05) is 11.8 Å². The summed E-state index contributed by atoms with van der Waals surface area (Å²) in [5.74, 6) is -2.25. The highest BCUT2D eigenvalue weighted by atomic mass is 32.2. The number of nitriles is 1. The predicted molar refractivity (Wildman–Crippen MR) is 62.4 cm³/mol. The van der Waals surface area contributed by atoms with Crippen LogP contribution in [0.15, 0.2) is 17.1 Å². The van der Waals surface area contributed by atoms with Gasteiger partial charge in [-0.25, -0.2) is 13.8 Å². The average molecular weight is 272 g/mol. The van der Waals surface area contributed by atoms with Crippen LogP contribution in [0.3, 0.4) is 0 Å². The Balaban J connectivity index is 3.39. The van der Waals surface area contributed by atoms with E-state index in [9.17, 15) is 18.9 Å². The number of hydrogen-bond donors (Lipinski definition) is 1. The van der Waals surface area contributed by atoms with E-state index in [1.807, 2.05) is 0 Å². The topological polar surface area (TPSA) is 91.3 Å². The third-order valence-corrected chi connectivity index (χ3v) is 2.35. The second-order valence-electron chi connectivity index (χ2n) is 2.87. The number of thioether (sulfide) groups is 1. The third-order valence-electron chi connectivity index (χ3n) is 1.77. The van der Waals surface area contributed by atoms with Crippen LogP contribution in [0.5, 0.6) is 0 Å². The first kappa shape index (κ1) is 13.9. The Labute approximate surface area is 104 Å². The monoisotopic (exact) mass is 272 g/mol. The van der Waals surface area contributed by atoms with E-state index in [1.54, 1.807) is 6.19 Å². The summed E-state index contributed by atoms with van der Waals surface area (Å²) in [5, 5.41) is 21.1. The van der Waals surface area contributed by atoms with Crippen molar-refractivity contribution in [2.24, 2.45) is 4.99 Å². The van der Waals surface area contributed by atoms with Gasteiger partial charge in [-0.15, -0.1) is 0 Å². The van der Waals surface area contributed by atoms with E-state index < -0.39 is 27.9 Å². The third kappa shape index (κ3) is 3.14. The van der Waals surface area contributed by atoms with E-state index in [0.29, 0.717) is 12.1 Å². The fourth-order valence-electron chi connectivity index (χ4n) is 1.08. The number of nitro groups is 1. The molecule has 0 aliphatic rings. The molecule has 0 amide bonds. The van der Waals surface area contributed by atoms with Crippen molar-refractivity contribution in [3.63, 3.8) is 0 Å². The largest absolute Gasteiger partial charge is 0.300 e. The molecule has 0 unspecified atom stereocenters. The quantitative estimate of drug-likeness (QED) is 0.223. The highest BCUT2D eigenvalue weighted by molar-refractivity contribution is 8.13. The first-order valence-electron chi connectivity index (χ1n) is 4.40. The number of aliphatic imine (C=N–C) groups is 1. The summed E-state index contributed by atoms with van der Waals surface area (Å²) in [6.07, 6.45) is 3.09. The lowest BCUT2D eigenvalue weighted by Crippen LogP contribution is -2.12. The van der Waals surface area contributed by atoms with Gasteiger partial charge in [-0.2, -0.15) is 5.26 Å². The van der Waals surface area contributed by atoms with Gasteiger partial charge in [0.1, 0.15) is 5.82 Å². The first-order valence-corrected chi connectivity index (χ1v) is 5.63. The van der Waals surface area contributed by atoms with E-state index in [-0.39, 0.29) is 5.17 Å². The molecule has 6 nitrogen and oxygen atoms in total. The van der Waals surface area contributed by atoms with Gasteiger partial charge < -0.3 is 0 Å². The van der Waals surface area contributed by atoms with Crippen LogP contribution in [-0.4, -0.2) is 16.3 Å². The van der Waals surface area contributed by atoms with Crippen LogP contribution in [0, 0.1) is 33.2 Å². The molecule has 0 bridgehead atoms. The van der Waals surface area contributed by atoms with E-state index >= 15 is 0 Å². The molecule has 1 aromatic carbocycles. The zero-order chi connectivity index (χ0) is 13.7. The van der Waals surface area contributed by atoms with Gasteiger partial charge in [-0.05, 0) is 6.26 Å². The van der Waals surface area contributed by atoms with Crippen molar-refractivity contribution in [1.29, 1.82) is 5.26 Å². The Morgan fingerprint density at radius 3 is 2.78 bits per heavy atom. The molecule has 0 fully saturated rings.